The Balaban J connectivity index is 0.000000956. The van der Waals surface area contributed by atoms with E-state index in [2.05, 4.69) is 47.9 Å². The number of rotatable bonds is 4. The third-order valence-corrected chi connectivity index (χ3v) is 2.90. The fraction of sp³-hybridized carbons (Fsp3) is 0.294. The number of hydrogen-bond donors (Lipinski definition) is 1. The van der Waals surface area contributed by atoms with Crippen LogP contribution in [-0.2, 0) is 0 Å². The van der Waals surface area contributed by atoms with Gasteiger partial charge in [0, 0.05) is 24.0 Å². The second kappa shape index (κ2) is 8.23. The maximum Gasteiger partial charge on any atom is 0.167 e. The minimum absolute atomic E-state index is 0.443. The Hall–Kier alpha value is -2.00. The highest BCUT2D eigenvalue weighted by molar-refractivity contribution is 5.64. The summed E-state index contributed by atoms with van der Waals surface area (Å²) in [5.41, 5.74) is 3.35. The second-order valence-corrected chi connectivity index (χ2v) is 4.17. The molecule has 0 bridgehead atoms. The van der Waals surface area contributed by atoms with Gasteiger partial charge in [-0.25, -0.2) is 5.26 Å². The first-order valence-corrected chi connectivity index (χ1v) is 7.00. The van der Waals surface area contributed by atoms with Crippen LogP contribution in [0.15, 0.2) is 48.5 Å². The van der Waals surface area contributed by atoms with Gasteiger partial charge < -0.3 is 9.79 Å². The van der Waals surface area contributed by atoms with Crippen molar-refractivity contribution >= 4 is 11.4 Å². The molecule has 1 N–H and O–H groups in total. The predicted molar refractivity (Wildman–Crippen MR) is 84.9 cm³/mol. The highest BCUT2D eigenvalue weighted by Crippen LogP contribution is 2.28. The zero-order valence-electron chi connectivity index (χ0n) is 12.6. The molecule has 3 nitrogen and oxygen atoms in total. The monoisotopic (exact) mass is 273 g/mol. The van der Waals surface area contributed by atoms with Gasteiger partial charge in [-0.3, -0.25) is 0 Å². The second-order valence-electron chi connectivity index (χ2n) is 4.17. The van der Waals surface area contributed by atoms with Crippen LogP contribution in [0.1, 0.15) is 26.3 Å². The van der Waals surface area contributed by atoms with E-state index in [1.54, 1.807) is 6.07 Å². The summed E-state index contributed by atoms with van der Waals surface area (Å²) in [6, 6.07) is 15.7. The molecule has 0 saturated carbocycles. The Bertz CT molecular complexity index is 509. The number of aryl methyl sites for hydroxylation is 1. The molecule has 0 aliphatic heterocycles. The molecular weight excluding hydrogens is 250 g/mol. The molecule has 20 heavy (non-hydrogen) atoms. The van der Waals surface area contributed by atoms with Gasteiger partial charge in [0.1, 0.15) is 0 Å². The summed E-state index contributed by atoms with van der Waals surface area (Å²) in [5.74, 6) is 0.443. The molecule has 2 aromatic carbocycles. The molecule has 0 atom stereocenters. The molecule has 2 rings (SSSR count). The fourth-order valence-electron chi connectivity index (χ4n) is 1.95. The van der Waals surface area contributed by atoms with E-state index < -0.39 is 0 Å². The van der Waals surface area contributed by atoms with E-state index in [0.29, 0.717) is 5.75 Å². The van der Waals surface area contributed by atoms with Crippen molar-refractivity contribution in [2.75, 3.05) is 11.4 Å². The predicted octanol–water partition coefficient (Wildman–Crippen LogP) is 5.03. The molecule has 0 amide bonds. The van der Waals surface area contributed by atoms with E-state index in [1.165, 1.54) is 5.56 Å². The maximum absolute atomic E-state index is 8.70. The van der Waals surface area contributed by atoms with E-state index in [1.807, 2.05) is 32.0 Å². The molecular formula is C17H23NO2. The summed E-state index contributed by atoms with van der Waals surface area (Å²) < 4.78 is 0. The van der Waals surface area contributed by atoms with Crippen LogP contribution in [0.5, 0.6) is 5.75 Å². The van der Waals surface area contributed by atoms with Crippen LogP contribution >= 0.6 is 0 Å². The van der Waals surface area contributed by atoms with Crippen LogP contribution in [0.4, 0.5) is 11.4 Å². The Labute approximate surface area is 121 Å². The molecule has 0 aliphatic carbocycles. The molecule has 0 heterocycles. The topological polar surface area (TPSA) is 32.7 Å². The third kappa shape index (κ3) is 4.00. The van der Waals surface area contributed by atoms with E-state index in [4.69, 9.17) is 5.26 Å². The van der Waals surface area contributed by atoms with Gasteiger partial charge in [0.25, 0.3) is 0 Å². The first-order chi connectivity index (χ1) is 9.74. The van der Waals surface area contributed by atoms with E-state index in [0.717, 1.165) is 17.9 Å². The fourth-order valence-corrected chi connectivity index (χ4v) is 1.95. The van der Waals surface area contributed by atoms with Crippen molar-refractivity contribution < 1.29 is 10.1 Å². The summed E-state index contributed by atoms with van der Waals surface area (Å²) in [6.07, 6.45) is 0. The Morgan fingerprint density at radius 1 is 1.00 bits per heavy atom. The lowest BCUT2D eigenvalue weighted by molar-refractivity contribution is -0.137. The van der Waals surface area contributed by atoms with E-state index in [-0.39, 0.29) is 0 Å². The van der Waals surface area contributed by atoms with Crippen LogP contribution in [0, 0.1) is 6.92 Å². The first kappa shape index (κ1) is 16.1. The average molecular weight is 273 g/mol. The molecule has 0 fully saturated rings. The molecule has 108 valence electrons. The van der Waals surface area contributed by atoms with Gasteiger partial charge in [0.15, 0.2) is 5.75 Å². The average Bonchev–Trinajstić information content (AvgIpc) is 2.52. The highest BCUT2D eigenvalue weighted by Gasteiger charge is 2.07. The van der Waals surface area contributed by atoms with Gasteiger partial charge in [0.2, 0.25) is 0 Å². The summed E-state index contributed by atoms with van der Waals surface area (Å²) in [5, 5.41) is 8.70. The summed E-state index contributed by atoms with van der Waals surface area (Å²) >= 11 is 0. The minimum Gasteiger partial charge on any atom is -0.342 e. The Morgan fingerprint density at radius 2 is 1.65 bits per heavy atom. The smallest absolute Gasteiger partial charge is 0.167 e. The molecule has 0 saturated heterocycles. The van der Waals surface area contributed by atoms with E-state index in [9.17, 15) is 0 Å². The number of nitrogens with zero attached hydrogens (tertiary/aromatic N) is 1. The standard InChI is InChI=1S/C15H17NO2.C2H6/c1-3-16(13-9-7-12(2)8-10-13)14-5-4-6-15(11-14)18-17;1-2/h4-11,17H,3H2,1-2H3;1-2H3. The lowest BCUT2D eigenvalue weighted by Gasteiger charge is -2.23. The van der Waals surface area contributed by atoms with E-state index >= 15 is 0 Å². The van der Waals surface area contributed by atoms with Crippen LogP contribution in [-0.4, -0.2) is 11.8 Å². The first-order valence-electron chi connectivity index (χ1n) is 7.00. The van der Waals surface area contributed by atoms with Crippen molar-refractivity contribution in [3.8, 4) is 5.75 Å². The molecule has 2 aromatic rings. The molecule has 0 aliphatic rings. The largest absolute Gasteiger partial charge is 0.342 e. The zero-order chi connectivity index (χ0) is 15.0. The Kier molecular flexibility index (Phi) is 6.60. The Morgan fingerprint density at radius 3 is 2.20 bits per heavy atom. The quantitative estimate of drug-likeness (QED) is 0.626. The van der Waals surface area contributed by atoms with Crippen molar-refractivity contribution in [2.24, 2.45) is 0 Å². The van der Waals surface area contributed by atoms with Crippen LogP contribution in [0.25, 0.3) is 0 Å². The van der Waals surface area contributed by atoms with Gasteiger partial charge in [-0.05, 0) is 38.1 Å². The summed E-state index contributed by atoms with van der Waals surface area (Å²) in [6.45, 7) is 9.00. The van der Waals surface area contributed by atoms with Crippen molar-refractivity contribution in [3.05, 3.63) is 54.1 Å². The molecule has 0 unspecified atom stereocenters. The zero-order valence-corrected chi connectivity index (χ0v) is 12.6. The van der Waals surface area contributed by atoms with Gasteiger partial charge >= 0.3 is 0 Å². The molecule has 0 spiro atoms. The number of benzene rings is 2. The normalized spacial score (nSPS) is 9.45. The number of hydrogen-bond acceptors (Lipinski definition) is 3. The van der Waals surface area contributed by atoms with Gasteiger partial charge in [-0.1, -0.05) is 37.6 Å². The maximum atomic E-state index is 8.70. The molecule has 0 aromatic heterocycles. The SMILES string of the molecule is CC.CCN(c1ccc(C)cc1)c1cccc(OO)c1. The summed E-state index contributed by atoms with van der Waals surface area (Å²) in [7, 11) is 0. The van der Waals surface area contributed by atoms with Crippen molar-refractivity contribution in [3.63, 3.8) is 0 Å². The van der Waals surface area contributed by atoms with Gasteiger partial charge in [0.05, 0.1) is 0 Å². The van der Waals surface area contributed by atoms with Gasteiger partial charge in [-0.15, -0.1) is 0 Å². The molecule has 3 heteroatoms. The van der Waals surface area contributed by atoms with Crippen LogP contribution < -0.4 is 9.79 Å². The van der Waals surface area contributed by atoms with Crippen LogP contribution in [0.3, 0.4) is 0 Å². The highest BCUT2D eigenvalue weighted by atomic mass is 17.1. The number of anilines is 2. The summed E-state index contributed by atoms with van der Waals surface area (Å²) in [4.78, 5) is 6.43. The van der Waals surface area contributed by atoms with Crippen LogP contribution in [0.2, 0.25) is 0 Å². The van der Waals surface area contributed by atoms with Crippen molar-refractivity contribution in [1.29, 1.82) is 0 Å². The molecule has 0 radical (unpaired) electrons. The van der Waals surface area contributed by atoms with Crippen molar-refractivity contribution in [1.82, 2.24) is 0 Å². The van der Waals surface area contributed by atoms with Crippen molar-refractivity contribution in [2.45, 2.75) is 27.7 Å². The third-order valence-electron chi connectivity index (χ3n) is 2.90. The minimum atomic E-state index is 0.443. The van der Waals surface area contributed by atoms with Gasteiger partial charge in [-0.2, -0.15) is 0 Å². The lowest BCUT2D eigenvalue weighted by atomic mass is 10.2. The lowest BCUT2D eigenvalue weighted by Crippen LogP contribution is -2.15.